The number of aryl methyl sites for hydroxylation is 1. The minimum Gasteiger partial charge on any atom is -0.494 e. The molecule has 0 saturated carbocycles. The van der Waals surface area contributed by atoms with Gasteiger partial charge < -0.3 is 4.74 Å². The van der Waals surface area contributed by atoms with E-state index in [9.17, 15) is 0 Å². The SMILES string of the molecule is Cc1ccc(CC(CCl)CCCOc2ccccc2)cc1. The van der Waals surface area contributed by atoms with Gasteiger partial charge in [0.25, 0.3) is 0 Å². The molecule has 0 aliphatic heterocycles. The maximum absolute atomic E-state index is 6.10. The second-order valence-corrected chi connectivity index (χ2v) is 5.82. The third kappa shape index (κ3) is 5.81. The van der Waals surface area contributed by atoms with Crippen molar-refractivity contribution in [1.29, 1.82) is 0 Å². The molecule has 0 radical (unpaired) electrons. The lowest BCUT2D eigenvalue weighted by molar-refractivity contribution is 0.295. The Morgan fingerprint density at radius 3 is 2.38 bits per heavy atom. The fourth-order valence-electron chi connectivity index (χ4n) is 2.37. The van der Waals surface area contributed by atoms with Gasteiger partial charge in [-0.1, -0.05) is 48.0 Å². The minimum absolute atomic E-state index is 0.522. The van der Waals surface area contributed by atoms with Crippen LogP contribution in [0.15, 0.2) is 54.6 Å². The molecule has 0 spiro atoms. The van der Waals surface area contributed by atoms with Crippen molar-refractivity contribution in [1.82, 2.24) is 0 Å². The molecule has 0 N–H and O–H groups in total. The number of ether oxygens (including phenoxy) is 1. The average Bonchev–Trinajstić information content (AvgIpc) is 2.53. The van der Waals surface area contributed by atoms with Crippen LogP contribution in [0.4, 0.5) is 0 Å². The molecule has 0 saturated heterocycles. The van der Waals surface area contributed by atoms with Crippen LogP contribution in [0, 0.1) is 12.8 Å². The normalized spacial score (nSPS) is 12.1. The zero-order valence-corrected chi connectivity index (χ0v) is 13.4. The van der Waals surface area contributed by atoms with E-state index in [1.54, 1.807) is 0 Å². The first kappa shape index (κ1) is 15.9. The van der Waals surface area contributed by atoms with Crippen molar-refractivity contribution in [2.24, 2.45) is 5.92 Å². The van der Waals surface area contributed by atoms with Crippen LogP contribution in [0.2, 0.25) is 0 Å². The first-order valence-electron chi connectivity index (χ1n) is 7.57. The van der Waals surface area contributed by atoms with E-state index in [-0.39, 0.29) is 0 Å². The molecule has 0 aliphatic rings. The Morgan fingerprint density at radius 2 is 1.71 bits per heavy atom. The lowest BCUT2D eigenvalue weighted by atomic mass is 9.96. The average molecular weight is 303 g/mol. The Morgan fingerprint density at radius 1 is 1.00 bits per heavy atom. The van der Waals surface area contributed by atoms with Crippen molar-refractivity contribution in [3.05, 3.63) is 65.7 Å². The topological polar surface area (TPSA) is 9.23 Å². The number of hydrogen-bond donors (Lipinski definition) is 0. The molecule has 1 nitrogen and oxygen atoms in total. The summed E-state index contributed by atoms with van der Waals surface area (Å²) < 4.78 is 5.72. The van der Waals surface area contributed by atoms with E-state index in [4.69, 9.17) is 16.3 Å². The summed E-state index contributed by atoms with van der Waals surface area (Å²) in [5.41, 5.74) is 2.67. The fourth-order valence-corrected chi connectivity index (χ4v) is 2.63. The Bertz CT molecular complexity index is 507. The van der Waals surface area contributed by atoms with Crippen molar-refractivity contribution >= 4 is 11.6 Å². The Balaban J connectivity index is 1.71. The third-order valence-electron chi connectivity index (χ3n) is 3.63. The quantitative estimate of drug-likeness (QED) is 0.478. The molecular weight excluding hydrogens is 280 g/mol. The molecule has 0 fully saturated rings. The summed E-state index contributed by atoms with van der Waals surface area (Å²) in [6.07, 6.45) is 3.19. The van der Waals surface area contributed by atoms with Crippen LogP contribution in [0.3, 0.4) is 0 Å². The second kappa shape index (κ2) is 8.74. The van der Waals surface area contributed by atoms with Gasteiger partial charge in [-0.3, -0.25) is 0 Å². The van der Waals surface area contributed by atoms with Gasteiger partial charge in [-0.05, 0) is 49.8 Å². The number of rotatable bonds is 8. The van der Waals surface area contributed by atoms with Gasteiger partial charge in [-0.2, -0.15) is 0 Å². The molecule has 0 aromatic heterocycles. The van der Waals surface area contributed by atoms with Gasteiger partial charge in [0.1, 0.15) is 5.75 Å². The summed E-state index contributed by atoms with van der Waals surface area (Å²) in [6.45, 7) is 2.87. The molecule has 1 unspecified atom stereocenters. The molecule has 2 aromatic rings. The summed E-state index contributed by atoms with van der Waals surface area (Å²) in [5, 5.41) is 0. The zero-order chi connectivity index (χ0) is 14.9. The molecule has 21 heavy (non-hydrogen) atoms. The molecular formula is C19H23ClO. The van der Waals surface area contributed by atoms with Crippen molar-refractivity contribution in [2.45, 2.75) is 26.2 Å². The van der Waals surface area contributed by atoms with E-state index < -0.39 is 0 Å². The van der Waals surface area contributed by atoms with E-state index in [0.29, 0.717) is 11.8 Å². The third-order valence-corrected chi connectivity index (χ3v) is 4.07. The predicted octanol–water partition coefficient (Wildman–Crippen LogP) is 5.25. The number of para-hydroxylation sites is 1. The largest absolute Gasteiger partial charge is 0.494 e. The smallest absolute Gasteiger partial charge is 0.119 e. The minimum atomic E-state index is 0.522. The number of alkyl halides is 1. The van der Waals surface area contributed by atoms with E-state index in [0.717, 1.165) is 31.6 Å². The van der Waals surface area contributed by atoms with Crippen LogP contribution < -0.4 is 4.74 Å². The Hall–Kier alpha value is -1.47. The van der Waals surface area contributed by atoms with Crippen LogP contribution in [0.1, 0.15) is 24.0 Å². The van der Waals surface area contributed by atoms with Gasteiger partial charge in [0.2, 0.25) is 0 Å². The molecule has 0 aliphatic carbocycles. The molecule has 2 heteroatoms. The summed E-state index contributed by atoms with van der Waals surface area (Å²) in [5.74, 6) is 2.17. The Labute approximate surface area is 132 Å². The predicted molar refractivity (Wildman–Crippen MR) is 90.3 cm³/mol. The van der Waals surface area contributed by atoms with E-state index in [1.165, 1.54) is 11.1 Å². The molecule has 0 bridgehead atoms. The van der Waals surface area contributed by atoms with Gasteiger partial charge >= 0.3 is 0 Å². The van der Waals surface area contributed by atoms with Gasteiger partial charge in [0, 0.05) is 5.88 Å². The van der Waals surface area contributed by atoms with E-state index >= 15 is 0 Å². The van der Waals surface area contributed by atoms with Crippen LogP contribution in [0.25, 0.3) is 0 Å². The highest BCUT2D eigenvalue weighted by molar-refractivity contribution is 6.18. The highest BCUT2D eigenvalue weighted by atomic mass is 35.5. The highest BCUT2D eigenvalue weighted by Gasteiger charge is 2.08. The van der Waals surface area contributed by atoms with Crippen LogP contribution in [0.5, 0.6) is 5.75 Å². The first-order valence-corrected chi connectivity index (χ1v) is 8.10. The maximum Gasteiger partial charge on any atom is 0.119 e. The number of halogens is 1. The molecule has 0 heterocycles. The van der Waals surface area contributed by atoms with Gasteiger partial charge in [0.05, 0.1) is 6.61 Å². The molecule has 2 rings (SSSR count). The van der Waals surface area contributed by atoms with E-state index in [1.807, 2.05) is 30.3 Å². The van der Waals surface area contributed by atoms with E-state index in [2.05, 4.69) is 31.2 Å². The second-order valence-electron chi connectivity index (χ2n) is 5.51. The number of benzene rings is 2. The standard InChI is InChI=1S/C19H23ClO/c1-16-9-11-17(12-10-16)14-18(15-20)6-5-13-21-19-7-3-2-4-8-19/h2-4,7-12,18H,5-6,13-15H2,1H3. The van der Waals surface area contributed by atoms with Crippen LogP contribution in [-0.4, -0.2) is 12.5 Å². The van der Waals surface area contributed by atoms with Gasteiger partial charge in [0.15, 0.2) is 0 Å². The molecule has 0 amide bonds. The summed E-state index contributed by atoms with van der Waals surface area (Å²) in [7, 11) is 0. The lowest BCUT2D eigenvalue weighted by Gasteiger charge is -2.14. The molecule has 112 valence electrons. The zero-order valence-electron chi connectivity index (χ0n) is 12.6. The molecule has 2 aromatic carbocycles. The first-order chi connectivity index (χ1) is 10.3. The van der Waals surface area contributed by atoms with Crippen molar-refractivity contribution < 1.29 is 4.74 Å². The Kier molecular flexibility index (Phi) is 6.62. The van der Waals surface area contributed by atoms with Crippen molar-refractivity contribution in [2.75, 3.05) is 12.5 Å². The van der Waals surface area contributed by atoms with Crippen molar-refractivity contribution in [3.63, 3.8) is 0 Å². The van der Waals surface area contributed by atoms with Crippen LogP contribution in [-0.2, 0) is 6.42 Å². The highest BCUT2D eigenvalue weighted by Crippen LogP contribution is 2.17. The van der Waals surface area contributed by atoms with Gasteiger partial charge in [-0.25, -0.2) is 0 Å². The lowest BCUT2D eigenvalue weighted by Crippen LogP contribution is -2.09. The van der Waals surface area contributed by atoms with Crippen LogP contribution >= 0.6 is 11.6 Å². The fraction of sp³-hybridized carbons (Fsp3) is 0.368. The summed E-state index contributed by atoms with van der Waals surface area (Å²) >= 11 is 6.10. The summed E-state index contributed by atoms with van der Waals surface area (Å²) in [6, 6.07) is 18.7. The van der Waals surface area contributed by atoms with Gasteiger partial charge in [-0.15, -0.1) is 11.6 Å². The van der Waals surface area contributed by atoms with Crippen molar-refractivity contribution in [3.8, 4) is 5.75 Å². The maximum atomic E-state index is 6.10. The number of hydrogen-bond acceptors (Lipinski definition) is 1. The molecule has 1 atom stereocenters. The monoisotopic (exact) mass is 302 g/mol. The summed E-state index contributed by atoms with van der Waals surface area (Å²) in [4.78, 5) is 0.